The van der Waals surface area contributed by atoms with Crippen molar-refractivity contribution in [3.8, 4) is 11.4 Å². The maximum Gasteiger partial charge on any atom is 0.416 e. The van der Waals surface area contributed by atoms with Gasteiger partial charge in [-0.1, -0.05) is 19.1 Å². The normalized spacial score (nSPS) is 20.1. The van der Waals surface area contributed by atoms with Crippen LogP contribution in [-0.4, -0.2) is 74.8 Å². The minimum absolute atomic E-state index is 0.0453. The fraction of sp³-hybridized carbons (Fsp3) is 0.389. The number of aromatic nitrogens is 6. The van der Waals surface area contributed by atoms with E-state index in [1.165, 1.54) is 34.0 Å². The van der Waals surface area contributed by atoms with Gasteiger partial charge in [-0.05, 0) is 74.0 Å². The van der Waals surface area contributed by atoms with E-state index in [1.807, 2.05) is 62.4 Å². The van der Waals surface area contributed by atoms with Crippen LogP contribution in [0.3, 0.4) is 0 Å². The molecule has 1 unspecified atom stereocenters. The molecule has 0 aliphatic carbocycles. The van der Waals surface area contributed by atoms with Crippen molar-refractivity contribution in [1.29, 1.82) is 0 Å². The molecule has 12 nitrogen and oxygen atoms in total. The third-order valence-corrected chi connectivity index (χ3v) is 9.44. The molecule has 2 aromatic heterocycles. The number of hydrogen-bond acceptors (Lipinski definition) is 9. The number of anilines is 2. The molecule has 4 heterocycles. The quantitative estimate of drug-likeness (QED) is 0.182. The van der Waals surface area contributed by atoms with Crippen LogP contribution in [0.5, 0.6) is 5.75 Å². The summed E-state index contributed by atoms with van der Waals surface area (Å²) in [6.45, 7) is 7.80. The monoisotopic (exact) mass is 704 g/mol. The predicted molar refractivity (Wildman–Crippen MR) is 183 cm³/mol. The van der Waals surface area contributed by atoms with Gasteiger partial charge in [-0.2, -0.15) is 33.3 Å². The van der Waals surface area contributed by atoms with E-state index in [0.29, 0.717) is 11.3 Å². The first-order valence-electron chi connectivity index (χ1n) is 16.9. The topological polar surface area (TPSA) is 105 Å². The summed E-state index contributed by atoms with van der Waals surface area (Å²) in [5.41, 5.74) is 2.51. The molecule has 2 aliphatic heterocycles. The van der Waals surface area contributed by atoms with Crippen LogP contribution in [0.1, 0.15) is 37.4 Å². The average molecular weight is 705 g/mol. The van der Waals surface area contributed by atoms with Crippen molar-refractivity contribution in [3.63, 3.8) is 0 Å². The summed E-state index contributed by atoms with van der Waals surface area (Å²) in [5.74, 6) is -0.710. The van der Waals surface area contributed by atoms with Gasteiger partial charge in [-0.25, -0.2) is 14.0 Å². The van der Waals surface area contributed by atoms with Crippen LogP contribution in [0.4, 0.5) is 24.5 Å². The third-order valence-electron chi connectivity index (χ3n) is 9.44. The number of piperazine rings is 1. The number of hydrogen-bond donors (Lipinski definition) is 0. The van der Waals surface area contributed by atoms with E-state index < -0.39 is 23.6 Å². The number of ether oxygens (including phenoxy) is 3. The fourth-order valence-corrected chi connectivity index (χ4v) is 6.35. The first-order valence-corrected chi connectivity index (χ1v) is 16.9. The lowest BCUT2D eigenvalue weighted by Crippen LogP contribution is -2.46. The number of rotatable bonds is 11. The van der Waals surface area contributed by atoms with Crippen molar-refractivity contribution in [1.82, 2.24) is 29.3 Å². The van der Waals surface area contributed by atoms with Gasteiger partial charge in [0.05, 0.1) is 36.3 Å². The summed E-state index contributed by atoms with van der Waals surface area (Å²) in [6.07, 6.45) is 0.496. The smallest absolute Gasteiger partial charge is 0.416 e. The van der Waals surface area contributed by atoms with Gasteiger partial charge < -0.3 is 24.0 Å². The number of halogens is 3. The molecule has 5 aromatic rings. The van der Waals surface area contributed by atoms with E-state index in [2.05, 4.69) is 25.1 Å². The Hall–Kier alpha value is -5.15. The molecule has 0 bridgehead atoms. The van der Waals surface area contributed by atoms with Crippen LogP contribution in [0.15, 0.2) is 96.3 Å². The van der Waals surface area contributed by atoms with Crippen molar-refractivity contribution in [2.75, 3.05) is 49.2 Å². The summed E-state index contributed by atoms with van der Waals surface area (Å²) in [5, 5.41) is 12.5. The van der Waals surface area contributed by atoms with Crippen LogP contribution in [-0.2, 0) is 28.0 Å². The molecule has 3 aromatic carbocycles. The molecule has 7 rings (SSSR count). The standard InChI is InChI=1S/C36H39F3N8O4/c1-3-26(2)47-34(48)45(25-42-47)31-10-8-29(9-11-31)43-18-20-44(21-19-43)30-12-14-32(15-13-30)49-22-33-23-50-35(51-33,24-46-40-16-17-41-46)27-4-6-28(7-5-27)36(37,38)39/h4-17,25-26,33H,3,18-24H2,1-2H3/t26?,33-,35-/m1/s1. The van der Waals surface area contributed by atoms with Crippen molar-refractivity contribution in [2.24, 2.45) is 0 Å². The van der Waals surface area contributed by atoms with E-state index >= 15 is 0 Å². The largest absolute Gasteiger partial charge is 0.491 e. The second-order valence-corrected chi connectivity index (χ2v) is 12.7. The highest BCUT2D eigenvalue weighted by Gasteiger charge is 2.45. The Labute approximate surface area is 292 Å². The molecule has 2 saturated heterocycles. The number of benzene rings is 3. The van der Waals surface area contributed by atoms with Gasteiger partial charge >= 0.3 is 11.9 Å². The zero-order valence-corrected chi connectivity index (χ0v) is 28.3. The molecular formula is C36H39F3N8O4. The molecule has 0 saturated carbocycles. The first kappa shape index (κ1) is 34.3. The highest BCUT2D eigenvalue weighted by atomic mass is 19.4. The molecule has 0 spiro atoms. The van der Waals surface area contributed by atoms with Crippen molar-refractivity contribution in [3.05, 3.63) is 113 Å². The number of alkyl halides is 3. The van der Waals surface area contributed by atoms with Crippen molar-refractivity contribution >= 4 is 11.4 Å². The lowest BCUT2D eigenvalue weighted by atomic mass is 10.0. The second kappa shape index (κ2) is 14.2. The summed E-state index contributed by atoms with van der Waals surface area (Å²) < 4.78 is 61.2. The highest BCUT2D eigenvalue weighted by Crippen LogP contribution is 2.38. The molecule has 3 atom stereocenters. The summed E-state index contributed by atoms with van der Waals surface area (Å²) in [6, 6.07) is 20.7. The predicted octanol–water partition coefficient (Wildman–Crippen LogP) is 5.29. The van der Waals surface area contributed by atoms with Crippen LogP contribution in [0.25, 0.3) is 5.69 Å². The van der Waals surface area contributed by atoms with E-state index in [-0.39, 0.29) is 31.5 Å². The maximum atomic E-state index is 13.2. The molecule has 2 aliphatic rings. The zero-order chi connectivity index (χ0) is 35.6. The van der Waals surface area contributed by atoms with E-state index in [9.17, 15) is 18.0 Å². The second-order valence-electron chi connectivity index (χ2n) is 12.7. The summed E-state index contributed by atoms with van der Waals surface area (Å²) in [7, 11) is 0. The SMILES string of the molecule is CCC(C)n1ncn(-c2ccc(N3CCN(c4ccc(OC[C@@H]5CO[C@@](Cn6nccn6)(c6ccc(C(F)(F)F)cc6)O5)cc4)CC3)cc2)c1=O. The van der Waals surface area contributed by atoms with Gasteiger partial charge in [0.15, 0.2) is 0 Å². The van der Waals surface area contributed by atoms with Crippen molar-refractivity contribution in [2.45, 2.75) is 50.9 Å². The minimum atomic E-state index is -4.45. The lowest BCUT2D eigenvalue weighted by Gasteiger charge is -2.37. The van der Waals surface area contributed by atoms with Gasteiger partial charge in [0.1, 0.15) is 31.3 Å². The van der Waals surface area contributed by atoms with Gasteiger partial charge in [-0.3, -0.25) is 0 Å². The number of nitrogens with zero attached hydrogens (tertiary/aromatic N) is 8. The molecule has 2 fully saturated rings. The molecule has 15 heteroatoms. The highest BCUT2D eigenvalue weighted by molar-refractivity contribution is 5.54. The average Bonchev–Trinajstić information content (AvgIpc) is 3.92. The van der Waals surface area contributed by atoms with E-state index in [4.69, 9.17) is 14.2 Å². The first-order chi connectivity index (χ1) is 24.6. The lowest BCUT2D eigenvalue weighted by molar-refractivity contribution is -0.192. The Morgan fingerprint density at radius 1 is 0.863 bits per heavy atom. The molecular weight excluding hydrogens is 665 g/mol. The Morgan fingerprint density at radius 2 is 1.45 bits per heavy atom. The molecule has 51 heavy (non-hydrogen) atoms. The Balaban J connectivity index is 0.924. The van der Waals surface area contributed by atoms with Crippen molar-refractivity contribution < 1.29 is 27.4 Å². The Kier molecular flexibility index (Phi) is 9.57. The Morgan fingerprint density at radius 3 is 2.04 bits per heavy atom. The van der Waals surface area contributed by atoms with Crippen LogP contribution in [0.2, 0.25) is 0 Å². The summed E-state index contributed by atoms with van der Waals surface area (Å²) >= 11 is 0. The van der Waals surface area contributed by atoms with E-state index in [0.717, 1.165) is 61.8 Å². The van der Waals surface area contributed by atoms with Gasteiger partial charge in [0, 0.05) is 43.1 Å². The molecule has 0 N–H and O–H groups in total. The molecule has 0 radical (unpaired) electrons. The van der Waals surface area contributed by atoms with Gasteiger partial charge in [-0.15, -0.1) is 0 Å². The summed E-state index contributed by atoms with van der Waals surface area (Å²) in [4.78, 5) is 18.8. The van der Waals surface area contributed by atoms with Gasteiger partial charge in [0.2, 0.25) is 5.79 Å². The van der Waals surface area contributed by atoms with Gasteiger partial charge in [0.25, 0.3) is 0 Å². The maximum absolute atomic E-state index is 13.2. The molecule has 0 amide bonds. The minimum Gasteiger partial charge on any atom is -0.491 e. The van der Waals surface area contributed by atoms with Crippen LogP contribution in [0, 0.1) is 0 Å². The van der Waals surface area contributed by atoms with Crippen LogP contribution < -0.4 is 20.2 Å². The van der Waals surface area contributed by atoms with E-state index in [1.54, 1.807) is 10.9 Å². The zero-order valence-electron chi connectivity index (χ0n) is 28.3. The van der Waals surface area contributed by atoms with Crippen LogP contribution >= 0.6 is 0 Å². The molecule has 268 valence electrons. The Bertz CT molecular complexity index is 1940. The fourth-order valence-electron chi connectivity index (χ4n) is 6.35. The third kappa shape index (κ3) is 7.35.